The molecule has 2 rings (SSSR count). The number of aromatic nitrogens is 1. The summed E-state index contributed by atoms with van der Waals surface area (Å²) in [6.45, 7) is 8.75. The van der Waals surface area contributed by atoms with Gasteiger partial charge in [-0.1, -0.05) is 0 Å². The molecule has 128 valence electrons. The lowest BCUT2D eigenvalue weighted by atomic mass is 10.1. The third-order valence-electron chi connectivity index (χ3n) is 3.93. The van der Waals surface area contributed by atoms with E-state index < -0.39 is 5.60 Å². The normalized spacial score (nSPS) is 14.9. The van der Waals surface area contributed by atoms with Crippen LogP contribution in [0.2, 0.25) is 0 Å². The summed E-state index contributed by atoms with van der Waals surface area (Å²) in [7, 11) is 0. The van der Waals surface area contributed by atoms with Crippen LogP contribution in [-0.2, 0) is 6.54 Å². The van der Waals surface area contributed by atoms with Gasteiger partial charge in [-0.3, -0.25) is 0 Å². The van der Waals surface area contributed by atoms with E-state index in [0.29, 0.717) is 19.6 Å². The fourth-order valence-electron chi connectivity index (χ4n) is 2.77. The maximum absolute atomic E-state index is 12.2. The van der Waals surface area contributed by atoms with Crippen molar-refractivity contribution in [2.24, 2.45) is 0 Å². The Kier molecular flexibility index (Phi) is 5.82. The summed E-state index contributed by atoms with van der Waals surface area (Å²) in [4.78, 5) is 20.6. The second-order valence-electron chi connectivity index (χ2n) is 6.70. The first-order valence-electron chi connectivity index (χ1n) is 8.34. The van der Waals surface area contributed by atoms with Crippen molar-refractivity contribution < 1.29 is 9.90 Å². The molecule has 0 aromatic carbocycles. The lowest BCUT2D eigenvalue weighted by molar-refractivity contribution is 0.0480. The van der Waals surface area contributed by atoms with Gasteiger partial charge in [-0.15, -0.1) is 0 Å². The molecule has 2 amide bonds. The minimum Gasteiger partial charge on any atom is -0.389 e. The fourth-order valence-corrected chi connectivity index (χ4v) is 2.77. The van der Waals surface area contributed by atoms with E-state index in [9.17, 15) is 9.90 Å². The highest BCUT2D eigenvalue weighted by Gasteiger charge is 2.21. The number of hydrogen-bond acceptors (Lipinski definition) is 4. The van der Waals surface area contributed by atoms with Crippen LogP contribution >= 0.6 is 0 Å². The molecule has 6 nitrogen and oxygen atoms in total. The highest BCUT2D eigenvalue weighted by Crippen LogP contribution is 2.18. The largest absolute Gasteiger partial charge is 0.389 e. The number of urea groups is 1. The number of pyridine rings is 1. The molecular weight excluding hydrogens is 292 g/mol. The molecule has 0 spiro atoms. The van der Waals surface area contributed by atoms with Crippen molar-refractivity contribution in [3.8, 4) is 0 Å². The molecule has 0 radical (unpaired) electrons. The first-order valence-corrected chi connectivity index (χ1v) is 8.34. The maximum atomic E-state index is 12.2. The first kappa shape index (κ1) is 17.5. The molecular formula is C17H28N4O2. The zero-order valence-corrected chi connectivity index (χ0v) is 14.4. The molecule has 0 saturated carbocycles. The summed E-state index contributed by atoms with van der Waals surface area (Å²) in [5, 5.41) is 12.8. The Morgan fingerprint density at radius 2 is 2.13 bits per heavy atom. The number of anilines is 1. The van der Waals surface area contributed by atoms with E-state index in [-0.39, 0.29) is 6.03 Å². The molecule has 1 aliphatic rings. The average molecular weight is 320 g/mol. The quantitative estimate of drug-likeness (QED) is 0.841. The van der Waals surface area contributed by atoms with Crippen molar-refractivity contribution in [1.29, 1.82) is 0 Å². The molecule has 6 heteroatoms. The van der Waals surface area contributed by atoms with Crippen LogP contribution in [0.5, 0.6) is 0 Å². The molecule has 0 unspecified atom stereocenters. The first-order chi connectivity index (χ1) is 10.9. The lowest BCUT2D eigenvalue weighted by Crippen LogP contribution is -2.46. The zero-order valence-electron chi connectivity index (χ0n) is 14.4. The highest BCUT2D eigenvalue weighted by molar-refractivity contribution is 5.74. The Labute approximate surface area is 138 Å². The molecule has 1 aromatic rings. The Hall–Kier alpha value is -1.82. The monoisotopic (exact) mass is 320 g/mol. The van der Waals surface area contributed by atoms with Crippen LogP contribution in [0, 0.1) is 0 Å². The van der Waals surface area contributed by atoms with Gasteiger partial charge < -0.3 is 20.2 Å². The fraction of sp³-hybridized carbons (Fsp3) is 0.647. The molecule has 1 fully saturated rings. The van der Waals surface area contributed by atoms with Gasteiger partial charge in [0.15, 0.2) is 0 Å². The second kappa shape index (κ2) is 7.64. The van der Waals surface area contributed by atoms with Crippen molar-refractivity contribution in [3.05, 3.63) is 23.9 Å². The Bertz CT molecular complexity index is 522. The summed E-state index contributed by atoms with van der Waals surface area (Å²) in [5.41, 5.74) is 0.141. The van der Waals surface area contributed by atoms with Gasteiger partial charge in [0.25, 0.3) is 0 Å². The lowest BCUT2D eigenvalue weighted by Gasteiger charge is -2.28. The van der Waals surface area contributed by atoms with Crippen molar-refractivity contribution in [1.82, 2.24) is 15.2 Å². The number of nitrogens with one attached hydrogen (secondary N) is 1. The molecule has 1 aliphatic heterocycles. The standard InChI is InChI=1S/C17H28N4O2/c1-4-20(13-17(2,3)23)16(22)19-12-14-7-8-18-15(11-14)21-9-5-6-10-21/h7-8,11,23H,4-6,9-10,12-13H2,1-3H3,(H,19,22). The van der Waals surface area contributed by atoms with Crippen molar-refractivity contribution in [2.45, 2.75) is 45.8 Å². The van der Waals surface area contributed by atoms with Gasteiger partial charge in [0.2, 0.25) is 0 Å². The SMILES string of the molecule is CCN(CC(C)(C)O)C(=O)NCc1ccnc(N2CCCC2)c1. The summed E-state index contributed by atoms with van der Waals surface area (Å²) < 4.78 is 0. The summed E-state index contributed by atoms with van der Waals surface area (Å²) in [5.74, 6) is 0.984. The van der Waals surface area contributed by atoms with Gasteiger partial charge in [0.1, 0.15) is 5.82 Å². The molecule has 23 heavy (non-hydrogen) atoms. The molecule has 0 atom stereocenters. The molecule has 1 aromatic heterocycles. The Balaban J connectivity index is 1.91. The van der Waals surface area contributed by atoms with E-state index in [4.69, 9.17) is 0 Å². The minimum atomic E-state index is -0.896. The maximum Gasteiger partial charge on any atom is 0.317 e. The predicted octanol–water partition coefficient (Wildman–Crippen LogP) is 1.98. The van der Waals surface area contributed by atoms with E-state index in [1.54, 1.807) is 24.9 Å². The van der Waals surface area contributed by atoms with Crippen molar-refractivity contribution >= 4 is 11.8 Å². The van der Waals surface area contributed by atoms with Gasteiger partial charge in [-0.05, 0) is 51.3 Å². The second-order valence-corrected chi connectivity index (χ2v) is 6.70. The van der Waals surface area contributed by atoms with Gasteiger partial charge in [-0.25, -0.2) is 9.78 Å². The summed E-state index contributed by atoms with van der Waals surface area (Å²) in [6, 6.07) is 3.80. The number of nitrogens with zero attached hydrogens (tertiary/aromatic N) is 3. The molecule has 2 heterocycles. The number of aliphatic hydroxyl groups is 1. The van der Waals surface area contributed by atoms with Crippen LogP contribution in [0.25, 0.3) is 0 Å². The van der Waals surface area contributed by atoms with Gasteiger partial charge in [0.05, 0.1) is 12.1 Å². The molecule has 0 bridgehead atoms. The zero-order chi connectivity index (χ0) is 16.9. The predicted molar refractivity (Wildman–Crippen MR) is 91.5 cm³/mol. The third kappa shape index (κ3) is 5.39. The number of amides is 2. The topological polar surface area (TPSA) is 68.7 Å². The number of likely N-dealkylation sites (N-methyl/N-ethyl adjacent to an activating group) is 1. The number of hydrogen-bond donors (Lipinski definition) is 2. The van der Waals surface area contributed by atoms with Gasteiger partial charge in [-0.2, -0.15) is 0 Å². The Morgan fingerprint density at radius 3 is 2.74 bits per heavy atom. The summed E-state index contributed by atoms with van der Waals surface area (Å²) >= 11 is 0. The van der Waals surface area contributed by atoms with E-state index in [1.807, 2.05) is 19.1 Å². The van der Waals surface area contributed by atoms with E-state index in [0.717, 1.165) is 24.5 Å². The number of carbonyl (C=O) groups is 1. The van der Waals surface area contributed by atoms with E-state index in [2.05, 4.69) is 15.2 Å². The molecule has 0 aliphatic carbocycles. The van der Waals surface area contributed by atoms with Crippen LogP contribution in [0.4, 0.5) is 10.6 Å². The van der Waals surface area contributed by atoms with Gasteiger partial charge >= 0.3 is 6.03 Å². The van der Waals surface area contributed by atoms with E-state index in [1.165, 1.54) is 12.8 Å². The highest BCUT2D eigenvalue weighted by atomic mass is 16.3. The minimum absolute atomic E-state index is 0.158. The average Bonchev–Trinajstić information content (AvgIpc) is 3.04. The third-order valence-corrected chi connectivity index (χ3v) is 3.93. The van der Waals surface area contributed by atoms with Crippen LogP contribution in [0.1, 0.15) is 39.2 Å². The Morgan fingerprint density at radius 1 is 1.43 bits per heavy atom. The summed E-state index contributed by atoms with van der Waals surface area (Å²) in [6.07, 6.45) is 4.22. The smallest absolute Gasteiger partial charge is 0.317 e. The van der Waals surface area contributed by atoms with Crippen LogP contribution in [0.3, 0.4) is 0 Å². The van der Waals surface area contributed by atoms with Crippen LogP contribution < -0.4 is 10.2 Å². The van der Waals surface area contributed by atoms with Crippen molar-refractivity contribution in [2.75, 3.05) is 31.1 Å². The number of carbonyl (C=O) groups excluding carboxylic acids is 1. The number of rotatable bonds is 6. The van der Waals surface area contributed by atoms with Crippen LogP contribution in [-0.4, -0.2) is 52.8 Å². The van der Waals surface area contributed by atoms with Crippen molar-refractivity contribution in [3.63, 3.8) is 0 Å². The molecule has 1 saturated heterocycles. The van der Waals surface area contributed by atoms with Crippen LogP contribution in [0.15, 0.2) is 18.3 Å². The van der Waals surface area contributed by atoms with Gasteiger partial charge in [0, 0.05) is 32.4 Å². The molecule has 2 N–H and O–H groups in total. The van der Waals surface area contributed by atoms with E-state index >= 15 is 0 Å².